The Labute approximate surface area is 94.0 Å². The van der Waals surface area contributed by atoms with Crippen LogP contribution in [0.15, 0.2) is 18.2 Å². The summed E-state index contributed by atoms with van der Waals surface area (Å²) >= 11 is 6.01. The summed E-state index contributed by atoms with van der Waals surface area (Å²) in [6.45, 7) is 3.82. The molecule has 0 aromatic heterocycles. The highest BCUT2D eigenvalue weighted by Crippen LogP contribution is 2.36. The van der Waals surface area contributed by atoms with Gasteiger partial charge in [-0.1, -0.05) is 11.6 Å². The maximum absolute atomic E-state index is 6.01. The van der Waals surface area contributed by atoms with E-state index in [9.17, 15) is 0 Å². The largest absolute Gasteiger partial charge is 0.489 e. The van der Waals surface area contributed by atoms with Crippen LogP contribution in [0.5, 0.6) is 5.75 Å². The second kappa shape index (κ2) is 3.58. The van der Waals surface area contributed by atoms with Gasteiger partial charge in [0.1, 0.15) is 12.4 Å². The zero-order valence-corrected chi connectivity index (χ0v) is 9.13. The first-order valence-corrected chi connectivity index (χ1v) is 5.62. The van der Waals surface area contributed by atoms with E-state index in [0.29, 0.717) is 6.04 Å². The van der Waals surface area contributed by atoms with Gasteiger partial charge >= 0.3 is 0 Å². The zero-order chi connectivity index (χ0) is 10.3. The molecule has 1 saturated heterocycles. The van der Waals surface area contributed by atoms with Crippen LogP contribution in [-0.2, 0) is 0 Å². The number of ether oxygens (including phenoxy) is 1. The summed E-state index contributed by atoms with van der Waals surface area (Å²) in [5.74, 6) is 0.956. The molecule has 2 aliphatic rings. The molecule has 2 aliphatic heterocycles. The lowest BCUT2D eigenvalue weighted by molar-refractivity contribution is 0.247. The summed E-state index contributed by atoms with van der Waals surface area (Å²) in [4.78, 5) is 2.39. The van der Waals surface area contributed by atoms with Crippen molar-refractivity contribution >= 4 is 17.3 Å². The van der Waals surface area contributed by atoms with Gasteiger partial charge < -0.3 is 15.0 Å². The van der Waals surface area contributed by atoms with E-state index < -0.39 is 0 Å². The molecule has 1 atom stereocenters. The molecular formula is C11H13ClN2O. The summed E-state index contributed by atoms with van der Waals surface area (Å²) in [6.07, 6.45) is 0. The number of fused-ring (bicyclic) bond motifs is 3. The number of rotatable bonds is 0. The number of hydrogen-bond acceptors (Lipinski definition) is 3. The Balaban J connectivity index is 2.01. The van der Waals surface area contributed by atoms with Crippen molar-refractivity contribution in [2.45, 2.75) is 6.04 Å². The maximum Gasteiger partial charge on any atom is 0.142 e. The number of anilines is 1. The van der Waals surface area contributed by atoms with Crippen LogP contribution in [0.2, 0.25) is 5.02 Å². The fourth-order valence-electron chi connectivity index (χ4n) is 2.25. The van der Waals surface area contributed by atoms with Crippen molar-refractivity contribution < 1.29 is 4.74 Å². The molecule has 0 bridgehead atoms. The molecule has 3 nitrogen and oxygen atoms in total. The topological polar surface area (TPSA) is 24.5 Å². The first kappa shape index (κ1) is 9.31. The summed E-state index contributed by atoms with van der Waals surface area (Å²) in [5, 5.41) is 4.15. The van der Waals surface area contributed by atoms with Gasteiger partial charge in [-0.15, -0.1) is 0 Å². The molecule has 3 rings (SSSR count). The van der Waals surface area contributed by atoms with Crippen LogP contribution in [0.25, 0.3) is 0 Å². The van der Waals surface area contributed by atoms with Crippen LogP contribution in [0.4, 0.5) is 5.69 Å². The highest BCUT2D eigenvalue weighted by molar-refractivity contribution is 6.30. The lowest BCUT2D eigenvalue weighted by Gasteiger charge is -2.41. The number of hydrogen-bond donors (Lipinski definition) is 1. The molecule has 0 aliphatic carbocycles. The van der Waals surface area contributed by atoms with E-state index in [4.69, 9.17) is 16.3 Å². The van der Waals surface area contributed by atoms with Crippen LogP contribution < -0.4 is 15.0 Å². The Morgan fingerprint density at radius 1 is 1.47 bits per heavy atom. The fourth-order valence-corrected chi connectivity index (χ4v) is 2.42. The quantitative estimate of drug-likeness (QED) is 0.723. The summed E-state index contributed by atoms with van der Waals surface area (Å²) in [7, 11) is 0. The van der Waals surface area contributed by atoms with Gasteiger partial charge in [0.05, 0.1) is 11.7 Å². The van der Waals surface area contributed by atoms with E-state index in [1.807, 2.05) is 18.2 Å². The molecule has 1 N–H and O–H groups in total. The van der Waals surface area contributed by atoms with Crippen molar-refractivity contribution in [3.8, 4) is 5.75 Å². The lowest BCUT2D eigenvalue weighted by Crippen LogP contribution is -2.55. The Bertz CT molecular complexity index is 383. The molecule has 0 radical (unpaired) electrons. The van der Waals surface area contributed by atoms with Crippen molar-refractivity contribution in [1.82, 2.24) is 5.32 Å². The molecule has 1 unspecified atom stereocenters. The predicted molar refractivity (Wildman–Crippen MR) is 61.0 cm³/mol. The van der Waals surface area contributed by atoms with Crippen molar-refractivity contribution in [3.05, 3.63) is 23.2 Å². The van der Waals surface area contributed by atoms with Gasteiger partial charge in [0, 0.05) is 24.7 Å². The van der Waals surface area contributed by atoms with Crippen LogP contribution in [0, 0.1) is 0 Å². The fraction of sp³-hybridized carbons (Fsp3) is 0.455. The summed E-state index contributed by atoms with van der Waals surface area (Å²) < 4.78 is 5.71. The van der Waals surface area contributed by atoms with Crippen molar-refractivity contribution in [1.29, 1.82) is 0 Å². The molecule has 0 amide bonds. The number of piperazine rings is 1. The van der Waals surface area contributed by atoms with Crippen LogP contribution in [0.3, 0.4) is 0 Å². The van der Waals surface area contributed by atoms with Crippen LogP contribution >= 0.6 is 11.6 Å². The van der Waals surface area contributed by atoms with Crippen molar-refractivity contribution in [3.63, 3.8) is 0 Å². The van der Waals surface area contributed by atoms with Gasteiger partial charge in [-0.3, -0.25) is 0 Å². The average molecular weight is 225 g/mol. The second-order valence-electron chi connectivity index (χ2n) is 3.97. The Morgan fingerprint density at radius 2 is 2.40 bits per heavy atom. The third kappa shape index (κ3) is 1.56. The number of nitrogens with zero attached hydrogens (tertiary/aromatic N) is 1. The first-order valence-electron chi connectivity index (χ1n) is 5.24. The average Bonchev–Trinajstić information content (AvgIpc) is 2.29. The SMILES string of the molecule is Clc1ccc2c(c1)N1CCNCC1CO2. The highest BCUT2D eigenvalue weighted by Gasteiger charge is 2.29. The monoisotopic (exact) mass is 224 g/mol. The van der Waals surface area contributed by atoms with Crippen LogP contribution in [-0.4, -0.2) is 32.3 Å². The van der Waals surface area contributed by atoms with E-state index in [2.05, 4.69) is 10.2 Å². The molecule has 0 spiro atoms. The minimum absolute atomic E-state index is 0.449. The third-order valence-electron chi connectivity index (χ3n) is 3.01. The highest BCUT2D eigenvalue weighted by atomic mass is 35.5. The number of halogens is 1. The smallest absolute Gasteiger partial charge is 0.142 e. The lowest BCUT2D eigenvalue weighted by atomic mass is 10.1. The molecule has 4 heteroatoms. The van der Waals surface area contributed by atoms with Gasteiger partial charge in [0.15, 0.2) is 0 Å². The summed E-state index contributed by atoms with van der Waals surface area (Å²) in [6, 6.07) is 6.28. The van der Waals surface area contributed by atoms with E-state index in [1.165, 1.54) is 0 Å². The maximum atomic E-state index is 6.01. The Kier molecular flexibility index (Phi) is 2.22. The molecule has 80 valence electrons. The van der Waals surface area contributed by atoms with E-state index in [1.54, 1.807) is 0 Å². The Hall–Kier alpha value is -0.930. The zero-order valence-electron chi connectivity index (χ0n) is 8.37. The molecule has 1 aromatic rings. The first-order chi connectivity index (χ1) is 7.34. The molecule has 1 fully saturated rings. The normalized spacial score (nSPS) is 24.1. The number of nitrogens with one attached hydrogen (secondary N) is 1. The van der Waals surface area contributed by atoms with E-state index in [0.717, 1.165) is 42.7 Å². The van der Waals surface area contributed by atoms with Crippen molar-refractivity contribution in [2.24, 2.45) is 0 Å². The van der Waals surface area contributed by atoms with Crippen LogP contribution in [0.1, 0.15) is 0 Å². The Morgan fingerprint density at radius 3 is 3.33 bits per heavy atom. The van der Waals surface area contributed by atoms with Gasteiger partial charge in [0.25, 0.3) is 0 Å². The standard InChI is InChI=1S/C11H13ClN2O/c12-8-1-2-11-10(5-8)14-4-3-13-6-9(14)7-15-11/h1-2,5,9,13H,3-4,6-7H2. The second-order valence-corrected chi connectivity index (χ2v) is 4.41. The van der Waals surface area contributed by atoms with E-state index >= 15 is 0 Å². The predicted octanol–water partition coefficient (Wildman–Crippen LogP) is 1.51. The van der Waals surface area contributed by atoms with Gasteiger partial charge in [-0.25, -0.2) is 0 Å². The molecule has 1 aromatic carbocycles. The minimum atomic E-state index is 0.449. The minimum Gasteiger partial charge on any atom is -0.489 e. The number of benzene rings is 1. The van der Waals surface area contributed by atoms with Gasteiger partial charge in [-0.05, 0) is 18.2 Å². The molecular weight excluding hydrogens is 212 g/mol. The third-order valence-corrected chi connectivity index (χ3v) is 3.25. The van der Waals surface area contributed by atoms with E-state index in [-0.39, 0.29) is 0 Å². The summed E-state index contributed by atoms with van der Waals surface area (Å²) in [5.41, 5.74) is 1.14. The molecule has 2 heterocycles. The molecule has 0 saturated carbocycles. The molecule has 15 heavy (non-hydrogen) atoms. The van der Waals surface area contributed by atoms with Gasteiger partial charge in [0.2, 0.25) is 0 Å². The van der Waals surface area contributed by atoms with Gasteiger partial charge in [-0.2, -0.15) is 0 Å². The van der Waals surface area contributed by atoms with Crippen molar-refractivity contribution in [2.75, 3.05) is 31.1 Å².